The maximum absolute atomic E-state index is 10.5. The van der Waals surface area contributed by atoms with E-state index in [2.05, 4.69) is 52.6 Å². The summed E-state index contributed by atoms with van der Waals surface area (Å²) in [4.78, 5) is 10.5. The van der Waals surface area contributed by atoms with Gasteiger partial charge in [-0.05, 0) is 54.2 Å². The average Bonchev–Trinajstić information content (AvgIpc) is 2.71. The number of halogens is 2. The minimum absolute atomic E-state index is 0.0313. The Morgan fingerprint density at radius 3 is 2.00 bits per heavy atom. The summed E-state index contributed by atoms with van der Waals surface area (Å²) in [5, 5.41) is 18.4. The second-order valence-corrected chi connectivity index (χ2v) is 8.92. The van der Waals surface area contributed by atoms with Gasteiger partial charge < -0.3 is 10.2 Å². The fraction of sp³-hybridized carbons (Fsp3) is 0.588. The lowest BCUT2D eigenvalue weighted by Gasteiger charge is -2.36. The third kappa shape index (κ3) is 3.13. The lowest BCUT2D eigenvalue weighted by Crippen LogP contribution is -2.35. The molecule has 0 heterocycles. The van der Waals surface area contributed by atoms with E-state index in [4.69, 9.17) is 5.11 Å². The molecule has 2 saturated carbocycles. The van der Waals surface area contributed by atoms with Gasteiger partial charge in [0.15, 0.2) is 0 Å². The number of fused-ring (bicyclic) bond motifs is 2. The highest BCUT2D eigenvalue weighted by molar-refractivity contribution is 9.11. The van der Waals surface area contributed by atoms with Crippen LogP contribution >= 0.6 is 31.9 Å². The topological polar surface area (TPSA) is 57.5 Å². The molecule has 5 heteroatoms. The monoisotopic (exact) mass is 432 g/mol. The number of hydrogen-bond acceptors (Lipinski definition) is 2. The minimum atomic E-state index is -0.924. The van der Waals surface area contributed by atoms with Crippen LogP contribution in [0.4, 0.5) is 0 Å². The Bertz CT molecular complexity index is 565. The van der Waals surface area contributed by atoms with Gasteiger partial charge in [-0.15, -0.1) is 0 Å². The lowest BCUT2D eigenvalue weighted by molar-refractivity contribution is 0.0126. The van der Waals surface area contributed by atoms with Gasteiger partial charge in [-0.25, -0.2) is 4.79 Å². The molecule has 3 rings (SSSR count). The number of carbonyl (C=O) groups is 1. The minimum Gasteiger partial charge on any atom is -0.478 e. The van der Waals surface area contributed by atoms with Crippen LogP contribution in [0.5, 0.6) is 0 Å². The van der Waals surface area contributed by atoms with E-state index in [1.807, 2.05) is 0 Å². The summed E-state index contributed by atoms with van der Waals surface area (Å²) < 4.78 is 1.51. The quantitative estimate of drug-likeness (QED) is 0.647. The summed E-state index contributed by atoms with van der Waals surface area (Å²) in [5.74, 6) is -0.144. The maximum Gasteiger partial charge on any atom is 0.335 e. The molecule has 0 radical (unpaired) electrons. The van der Waals surface area contributed by atoms with Crippen molar-refractivity contribution in [3.05, 3.63) is 32.7 Å². The molecule has 2 bridgehead atoms. The van der Waals surface area contributed by atoms with Crippen molar-refractivity contribution in [1.82, 2.24) is 0 Å². The molecule has 2 aliphatic carbocycles. The number of benzene rings is 1. The summed E-state index contributed by atoms with van der Waals surface area (Å²) in [6.45, 7) is 6.90. The van der Waals surface area contributed by atoms with Crippen molar-refractivity contribution in [2.24, 2.45) is 16.7 Å². The van der Waals surface area contributed by atoms with Gasteiger partial charge in [0.2, 0.25) is 0 Å². The first-order valence-corrected chi connectivity index (χ1v) is 9.04. The highest BCUT2D eigenvalue weighted by atomic mass is 79.9. The number of hydrogen-bond donors (Lipinski definition) is 2. The van der Waals surface area contributed by atoms with Gasteiger partial charge in [0, 0.05) is 8.95 Å². The summed E-state index contributed by atoms with van der Waals surface area (Å²) in [6.07, 6.45) is 3.58. The molecule has 3 atom stereocenters. The molecule has 22 heavy (non-hydrogen) atoms. The Morgan fingerprint density at radius 1 is 1.18 bits per heavy atom. The van der Waals surface area contributed by atoms with Crippen molar-refractivity contribution in [1.29, 1.82) is 0 Å². The Labute approximate surface area is 148 Å². The van der Waals surface area contributed by atoms with Crippen LogP contribution in [0.25, 0.3) is 0 Å². The molecule has 1 aromatic carbocycles. The summed E-state index contributed by atoms with van der Waals surface area (Å²) >= 11 is 6.38. The van der Waals surface area contributed by atoms with Crippen molar-refractivity contribution < 1.29 is 15.0 Å². The molecule has 0 aromatic heterocycles. The van der Waals surface area contributed by atoms with E-state index in [0.717, 1.165) is 21.3 Å². The SMILES string of the molecule is CC1(C)C2CCC1(C)C(O)C2.O=C(O)c1cc(Br)cc(Br)c1. The first-order chi connectivity index (χ1) is 10.1. The van der Waals surface area contributed by atoms with Crippen molar-refractivity contribution in [2.75, 3.05) is 0 Å². The fourth-order valence-corrected chi connectivity index (χ4v) is 5.13. The van der Waals surface area contributed by atoms with Crippen LogP contribution in [0.3, 0.4) is 0 Å². The van der Waals surface area contributed by atoms with Crippen LogP contribution in [0.15, 0.2) is 27.1 Å². The Morgan fingerprint density at radius 2 is 1.73 bits per heavy atom. The molecule has 122 valence electrons. The maximum atomic E-state index is 10.5. The number of carboxylic acids is 1. The smallest absolute Gasteiger partial charge is 0.335 e. The zero-order chi connectivity index (χ0) is 16.7. The highest BCUT2D eigenvalue weighted by Gasteiger charge is 2.60. The van der Waals surface area contributed by atoms with E-state index in [1.165, 1.54) is 12.8 Å². The summed E-state index contributed by atoms with van der Waals surface area (Å²) in [7, 11) is 0. The zero-order valence-corrected chi connectivity index (χ0v) is 16.2. The van der Waals surface area contributed by atoms with Crippen molar-refractivity contribution >= 4 is 37.8 Å². The predicted octanol–water partition coefficient (Wildman–Crippen LogP) is 5.10. The Hall–Kier alpha value is -0.390. The number of carboxylic acid groups (broad SMARTS) is 1. The van der Waals surface area contributed by atoms with Crippen LogP contribution < -0.4 is 0 Å². The van der Waals surface area contributed by atoms with E-state index in [0.29, 0.717) is 5.41 Å². The van der Waals surface area contributed by atoms with Gasteiger partial charge in [0.25, 0.3) is 0 Å². The lowest BCUT2D eigenvalue weighted by atomic mass is 9.70. The fourth-order valence-electron chi connectivity index (χ4n) is 3.84. The van der Waals surface area contributed by atoms with Crippen LogP contribution in [0.2, 0.25) is 0 Å². The first-order valence-electron chi connectivity index (χ1n) is 7.45. The molecule has 0 aliphatic heterocycles. The van der Waals surface area contributed by atoms with Crippen LogP contribution in [0.1, 0.15) is 50.4 Å². The van der Waals surface area contributed by atoms with Gasteiger partial charge in [-0.3, -0.25) is 0 Å². The molecular weight excluding hydrogens is 412 g/mol. The van der Waals surface area contributed by atoms with E-state index in [1.54, 1.807) is 18.2 Å². The molecule has 1 aromatic rings. The average molecular weight is 434 g/mol. The third-order valence-electron chi connectivity index (χ3n) is 5.86. The number of aromatic carboxylic acids is 1. The second kappa shape index (κ2) is 6.25. The van der Waals surface area contributed by atoms with Crippen molar-refractivity contribution in [2.45, 2.75) is 46.1 Å². The van der Waals surface area contributed by atoms with E-state index in [9.17, 15) is 9.90 Å². The van der Waals surface area contributed by atoms with Gasteiger partial charge in [0.05, 0.1) is 11.7 Å². The van der Waals surface area contributed by atoms with Crippen LogP contribution in [0, 0.1) is 16.7 Å². The highest BCUT2D eigenvalue weighted by Crippen LogP contribution is 2.65. The Balaban J connectivity index is 0.000000160. The zero-order valence-electron chi connectivity index (χ0n) is 13.1. The molecule has 2 fully saturated rings. The summed E-state index contributed by atoms with van der Waals surface area (Å²) in [6, 6.07) is 4.88. The normalized spacial score (nSPS) is 31.5. The predicted molar refractivity (Wildman–Crippen MR) is 94.0 cm³/mol. The summed E-state index contributed by atoms with van der Waals surface area (Å²) in [5.41, 5.74) is 0.871. The largest absolute Gasteiger partial charge is 0.478 e. The molecule has 0 amide bonds. The number of aliphatic hydroxyl groups excluding tert-OH is 1. The van der Waals surface area contributed by atoms with E-state index >= 15 is 0 Å². The standard InChI is InChI=1S/C10H18O.C7H4Br2O2/c1-9(2)7-4-5-10(9,3)8(11)6-7;8-5-1-4(7(10)11)2-6(9)3-5/h7-8,11H,4-6H2,1-3H3;1-3H,(H,10,11). The molecule has 2 N–H and O–H groups in total. The van der Waals surface area contributed by atoms with Gasteiger partial charge in [0.1, 0.15) is 0 Å². The van der Waals surface area contributed by atoms with Gasteiger partial charge in [-0.2, -0.15) is 0 Å². The molecule has 0 saturated heterocycles. The van der Waals surface area contributed by atoms with Gasteiger partial charge in [-0.1, -0.05) is 52.6 Å². The number of rotatable bonds is 1. The van der Waals surface area contributed by atoms with E-state index in [-0.39, 0.29) is 17.1 Å². The van der Waals surface area contributed by atoms with Crippen molar-refractivity contribution in [3.63, 3.8) is 0 Å². The molecule has 2 aliphatic rings. The van der Waals surface area contributed by atoms with Crippen LogP contribution in [-0.4, -0.2) is 22.3 Å². The first kappa shape index (κ1) is 18.0. The molecular formula is C17H22Br2O3. The third-order valence-corrected chi connectivity index (χ3v) is 6.77. The van der Waals surface area contributed by atoms with Crippen molar-refractivity contribution in [3.8, 4) is 0 Å². The van der Waals surface area contributed by atoms with Gasteiger partial charge >= 0.3 is 5.97 Å². The van der Waals surface area contributed by atoms with E-state index < -0.39 is 5.97 Å². The molecule has 3 unspecified atom stereocenters. The number of aliphatic hydroxyl groups is 1. The second-order valence-electron chi connectivity index (χ2n) is 7.09. The Kier molecular flexibility index (Phi) is 5.10. The van der Waals surface area contributed by atoms with Crippen LogP contribution in [-0.2, 0) is 0 Å². The molecule has 3 nitrogen and oxygen atoms in total. The molecule has 0 spiro atoms.